The first-order valence-corrected chi connectivity index (χ1v) is 6.82. The summed E-state index contributed by atoms with van der Waals surface area (Å²) in [5.41, 5.74) is 0.637. The summed E-state index contributed by atoms with van der Waals surface area (Å²) in [5, 5.41) is 9.15. The van der Waals surface area contributed by atoms with E-state index in [1.165, 1.54) is 38.2 Å². The van der Waals surface area contributed by atoms with Crippen molar-refractivity contribution in [3.8, 4) is 0 Å². The van der Waals surface area contributed by atoms with E-state index in [-0.39, 0.29) is 5.56 Å². The Kier molecular flexibility index (Phi) is 4.40. The van der Waals surface area contributed by atoms with Crippen molar-refractivity contribution in [2.24, 2.45) is 5.92 Å². The SMILES string of the molecule is CN(CC1CCCCC1)c1ccc(F)cc1C(=O)O. The van der Waals surface area contributed by atoms with Crippen molar-refractivity contribution in [1.29, 1.82) is 0 Å². The number of carboxylic acids is 1. The summed E-state index contributed by atoms with van der Waals surface area (Å²) in [4.78, 5) is 13.1. The number of carbonyl (C=O) groups is 1. The van der Waals surface area contributed by atoms with E-state index in [2.05, 4.69) is 0 Å². The van der Waals surface area contributed by atoms with Gasteiger partial charge in [-0.1, -0.05) is 19.3 Å². The number of halogens is 1. The number of aromatic carboxylic acids is 1. The van der Waals surface area contributed by atoms with Gasteiger partial charge in [0.2, 0.25) is 0 Å². The average molecular weight is 265 g/mol. The first-order valence-electron chi connectivity index (χ1n) is 6.82. The predicted molar refractivity (Wildman–Crippen MR) is 73.2 cm³/mol. The van der Waals surface area contributed by atoms with Gasteiger partial charge in [-0.25, -0.2) is 9.18 Å². The average Bonchev–Trinajstić information content (AvgIpc) is 2.39. The summed E-state index contributed by atoms with van der Waals surface area (Å²) in [6.45, 7) is 0.839. The van der Waals surface area contributed by atoms with E-state index in [9.17, 15) is 9.18 Å². The molecule has 1 aromatic carbocycles. The molecule has 0 spiro atoms. The van der Waals surface area contributed by atoms with Gasteiger partial charge in [0.1, 0.15) is 5.82 Å². The third kappa shape index (κ3) is 3.46. The fraction of sp³-hybridized carbons (Fsp3) is 0.533. The van der Waals surface area contributed by atoms with E-state index in [1.54, 1.807) is 6.07 Å². The summed E-state index contributed by atoms with van der Waals surface area (Å²) in [5.74, 6) is -0.970. The highest BCUT2D eigenvalue weighted by Crippen LogP contribution is 2.27. The van der Waals surface area contributed by atoms with Crippen LogP contribution in [-0.2, 0) is 0 Å². The van der Waals surface area contributed by atoms with Gasteiger partial charge in [-0.2, -0.15) is 0 Å². The minimum atomic E-state index is -1.08. The van der Waals surface area contributed by atoms with E-state index in [4.69, 9.17) is 5.11 Å². The number of anilines is 1. The largest absolute Gasteiger partial charge is 0.478 e. The first kappa shape index (κ1) is 13.8. The van der Waals surface area contributed by atoms with Crippen molar-refractivity contribution in [3.63, 3.8) is 0 Å². The second kappa shape index (κ2) is 6.04. The molecule has 1 saturated carbocycles. The van der Waals surface area contributed by atoms with Gasteiger partial charge in [-0.05, 0) is 37.0 Å². The Bertz CT molecular complexity index is 455. The number of hydrogen-bond acceptors (Lipinski definition) is 2. The molecular formula is C15H20FNO2. The Morgan fingerprint density at radius 1 is 1.37 bits per heavy atom. The monoisotopic (exact) mass is 265 g/mol. The van der Waals surface area contributed by atoms with Crippen LogP contribution in [0.3, 0.4) is 0 Å². The van der Waals surface area contributed by atoms with Gasteiger partial charge in [-0.3, -0.25) is 0 Å². The minimum absolute atomic E-state index is 0.0401. The second-order valence-corrected chi connectivity index (χ2v) is 5.35. The molecule has 2 rings (SSSR count). The summed E-state index contributed by atoms with van der Waals surface area (Å²) in [6.07, 6.45) is 6.22. The predicted octanol–water partition coefficient (Wildman–Crippen LogP) is 3.54. The smallest absolute Gasteiger partial charge is 0.337 e. The molecule has 0 amide bonds. The molecule has 1 aliphatic rings. The van der Waals surface area contributed by atoms with Gasteiger partial charge < -0.3 is 10.0 Å². The van der Waals surface area contributed by atoms with Crippen molar-refractivity contribution < 1.29 is 14.3 Å². The number of benzene rings is 1. The molecule has 0 bridgehead atoms. The summed E-state index contributed by atoms with van der Waals surface area (Å²) in [6, 6.07) is 3.97. The number of carboxylic acid groups (broad SMARTS) is 1. The number of nitrogens with zero attached hydrogens (tertiary/aromatic N) is 1. The van der Waals surface area contributed by atoms with Crippen LogP contribution in [0.25, 0.3) is 0 Å². The van der Waals surface area contributed by atoms with Crippen molar-refractivity contribution in [3.05, 3.63) is 29.6 Å². The van der Waals surface area contributed by atoms with Gasteiger partial charge in [0.25, 0.3) is 0 Å². The summed E-state index contributed by atoms with van der Waals surface area (Å²) < 4.78 is 13.1. The van der Waals surface area contributed by atoms with Crippen molar-refractivity contribution >= 4 is 11.7 Å². The molecule has 3 nitrogen and oxygen atoms in total. The van der Waals surface area contributed by atoms with E-state index in [0.717, 1.165) is 12.6 Å². The van der Waals surface area contributed by atoms with Gasteiger partial charge in [0, 0.05) is 13.6 Å². The molecule has 0 radical (unpaired) electrons. The number of rotatable bonds is 4. The molecule has 19 heavy (non-hydrogen) atoms. The van der Waals surface area contributed by atoms with Crippen LogP contribution in [-0.4, -0.2) is 24.7 Å². The lowest BCUT2D eigenvalue weighted by molar-refractivity contribution is 0.0697. The zero-order valence-corrected chi connectivity index (χ0v) is 11.2. The maximum absolute atomic E-state index is 13.1. The minimum Gasteiger partial charge on any atom is -0.478 e. The third-order valence-corrected chi connectivity index (χ3v) is 3.86. The normalized spacial score (nSPS) is 16.3. The summed E-state index contributed by atoms with van der Waals surface area (Å²) >= 11 is 0. The van der Waals surface area contributed by atoms with Crippen LogP contribution in [0.2, 0.25) is 0 Å². The standard InChI is InChI=1S/C15H20FNO2/c1-17(10-11-5-3-2-4-6-11)14-8-7-12(16)9-13(14)15(18)19/h7-9,11H,2-6,10H2,1H3,(H,18,19). The fourth-order valence-electron chi connectivity index (χ4n) is 2.87. The Balaban J connectivity index is 2.13. The molecule has 0 aromatic heterocycles. The lowest BCUT2D eigenvalue weighted by Crippen LogP contribution is -2.28. The Morgan fingerprint density at radius 2 is 2.05 bits per heavy atom. The van der Waals surface area contributed by atoms with Gasteiger partial charge in [0.15, 0.2) is 0 Å². The summed E-state index contributed by atoms with van der Waals surface area (Å²) in [7, 11) is 1.88. The van der Waals surface area contributed by atoms with Crippen LogP contribution in [0, 0.1) is 11.7 Å². The van der Waals surface area contributed by atoms with Crippen LogP contribution in [0.15, 0.2) is 18.2 Å². The molecule has 0 heterocycles. The highest BCUT2D eigenvalue weighted by molar-refractivity contribution is 5.94. The van der Waals surface area contributed by atoms with Gasteiger partial charge >= 0.3 is 5.97 Å². The zero-order chi connectivity index (χ0) is 13.8. The van der Waals surface area contributed by atoms with Gasteiger partial charge in [-0.15, -0.1) is 0 Å². The molecule has 1 aromatic rings. The lowest BCUT2D eigenvalue weighted by atomic mass is 9.89. The van der Waals surface area contributed by atoms with E-state index in [0.29, 0.717) is 11.6 Å². The van der Waals surface area contributed by atoms with Crippen molar-refractivity contribution in [1.82, 2.24) is 0 Å². The Hall–Kier alpha value is -1.58. The van der Waals surface area contributed by atoms with Crippen LogP contribution in [0.5, 0.6) is 0 Å². The molecule has 0 aliphatic heterocycles. The highest BCUT2D eigenvalue weighted by Gasteiger charge is 2.19. The molecule has 0 atom stereocenters. The first-order chi connectivity index (χ1) is 9.08. The molecule has 1 fully saturated rings. The molecule has 4 heteroatoms. The van der Waals surface area contributed by atoms with Crippen LogP contribution in [0.1, 0.15) is 42.5 Å². The van der Waals surface area contributed by atoms with Crippen molar-refractivity contribution in [2.45, 2.75) is 32.1 Å². The van der Waals surface area contributed by atoms with Crippen LogP contribution in [0.4, 0.5) is 10.1 Å². The molecular weight excluding hydrogens is 245 g/mol. The Morgan fingerprint density at radius 3 is 2.68 bits per heavy atom. The molecule has 1 N–H and O–H groups in total. The zero-order valence-electron chi connectivity index (χ0n) is 11.2. The topological polar surface area (TPSA) is 40.5 Å². The fourth-order valence-corrected chi connectivity index (χ4v) is 2.87. The second-order valence-electron chi connectivity index (χ2n) is 5.35. The highest BCUT2D eigenvalue weighted by atomic mass is 19.1. The quantitative estimate of drug-likeness (QED) is 0.905. The molecule has 104 valence electrons. The van der Waals surface area contributed by atoms with Gasteiger partial charge in [0.05, 0.1) is 11.3 Å². The lowest BCUT2D eigenvalue weighted by Gasteiger charge is -2.29. The molecule has 0 saturated heterocycles. The maximum atomic E-state index is 13.1. The molecule has 0 unspecified atom stereocenters. The molecule has 1 aliphatic carbocycles. The van der Waals surface area contributed by atoms with Crippen molar-refractivity contribution in [2.75, 3.05) is 18.5 Å². The van der Waals surface area contributed by atoms with E-state index >= 15 is 0 Å². The van der Waals surface area contributed by atoms with E-state index < -0.39 is 11.8 Å². The third-order valence-electron chi connectivity index (χ3n) is 3.86. The van der Waals surface area contributed by atoms with E-state index in [1.807, 2.05) is 11.9 Å². The number of hydrogen-bond donors (Lipinski definition) is 1. The van der Waals surface area contributed by atoms with Crippen LogP contribution >= 0.6 is 0 Å². The van der Waals surface area contributed by atoms with Crippen LogP contribution < -0.4 is 4.90 Å². The maximum Gasteiger partial charge on any atom is 0.337 e. The Labute approximate surface area is 113 Å².